The van der Waals surface area contributed by atoms with Gasteiger partial charge in [0.15, 0.2) is 0 Å². The number of ether oxygens (including phenoxy) is 3. The van der Waals surface area contributed by atoms with Crippen LogP contribution < -0.4 is 59.1 Å². The summed E-state index contributed by atoms with van der Waals surface area (Å²) in [6, 6.07) is 0. The molecule has 0 N–H and O–H groups in total. The van der Waals surface area contributed by atoms with Gasteiger partial charge >= 0.3 is 59.1 Å². The first-order valence-electron chi connectivity index (χ1n) is 14.9. The van der Waals surface area contributed by atoms with Gasteiger partial charge in [-0.05, 0) is 38.5 Å². The fourth-order valence-electron chi connectivity index (χ4n) is 4.94. The topological polar surface area (TPSA) is 108 Å². The zero-order valence-electron chi connectivity index (χ0n) is 25.1. The van der Waals surface area contributed by atoms with Crippen molar-refractivity contribution in [1.82, 2.24) is 0 Å². The summed E-state index contributed by atoms with van der Waals surface area (Å²) in [6.45, 7) is 6.49. The van der Waals surface area contributed by atoms with Crippen molar-refractivity contribution >= 4 is 10.4 Å². The summed E-state index contributed by atoms with van der Waals surface area (Å²) in [4.78, 5) is 0. The molecule has 2 rings (SSSR count). The SMILES string of the molecule is CCCCCCCCCC(CC1CCO1)OC(CCCCCCCCC)CC1CCO1.O=S(=O)([O-])[O-].[Na+].[Na+]. The third-order valence-electron chi connectivity index (χ3n) is 7.28. The van der Waals surface area contributed by atoms with Crippen molar-refractivity contribution in [2.45, 2.75) is 167 Å². The Bertz CT molecular complexity index is 558. The Labute approximate surface area is 278 Å². The maximum atomic E-state index is 8.52. The molecular weight excluding hydrogens is 526 g/mol. The Balaban J connectivity index is 0. The molecule has 0 bridgehead atoms. The van der Waals surface area contributed by atoms with Crippen molar-refractivity contribution in [3.63, 3.8) is 0 Å². The van der Waals surface area contributed by atoms with E-state index in [9.17, 15) is 0 Å². The quantitative estimate of drug-likeness (QED) is 0.0815. The van der Waals surface area contributed by atoms with Crippen LogP contribution >= 0.6 is 0 Å². The van der Waals surface area contributed by atoms with Gasteiger partial charge in [-0.1, -0.05) is 104 Å². The zero-order valence-corrected chi connectivity index (χ0v) is 29.9. The average Bonchev–Trinajstić information content (AvgIpc) is 2.75. The van der Waals surface area contributed by atoms with Gasteiger partial charge in [-0.15, -0.1) is 0 Å². The minimum atomic E-state index is -5.17. The standard InChI is InChI=1S/C28H54O3.2Na.H2O4S/c1-3-5-7-9-11-13-15-17-27(23-25-19-21-29-25)31-28(24-26-20-22-30-26)18-16-14-12-10-8-6-4-2;;;1-5(2,3)4/h25-28H,3-24H2,1-2H3;;;(H2,1,2,3,4)/q;2*+1;/p-2. The minimum absolute atomic E-state index is 0. The van der Waals surface area contributed by atoms with E-state index in [0.29, 0.717) is 24.4 Å². The van der Waals surface area contributed by atoms with Crippen LogP contribution in [0.5, 0.6) is 0 Å². The smallest absolute Gasteiger partial charge is 0.759 e. The summed E-state index contributed by atoms with van der Waals surface area (Å²) < 4.78 is 52.4. The van der Waals surface area contributed by atoms with Crippen LogP contribution in [0.3, 0.4) is 0 Å². The van der Waals surface area contributed by atoms with Crippen LogP contribution in [0, 0.1) is 0 Å². The van der Waals surface area contributed by atoms with Gasteiger partial charge in [0.1, 0.15) is 0 Å². The molecule has 0 spiro atoms. The molecule has 2 fully saturated rings. The third kappa shape index (κ3) is 26.6. The first kappa shape index (κ1) is 41.9. The van der Waals surface area contributed by atoms with Gasteiger partial charge < -0.3 is 23.3 Å². The van der Waals surface area contributed by atoms with E-state index in [1.165, 1.54) is 116 Å². The fourth-order valence-corrected chi connectivity index (χ4v) is 4.94. The van der Waals surface area contributed by atoms with Gasteiger partial charge in [0.2, 0.25) is 0 Å². The summed E-state index contributed by atoms with van der Waals surface area (Å²) >= 11 is 0. The molecule has 10 heteroatoms. The molecule has 4 unspecified atom stereocenters. The Morgan fingerprint density at radius 1 is 0.658 bits per heavy atom. The van der Waals surface area contributed by atoms with Crippen molar-refractivity contribution in [2.24, 2.45) is 0 Å². The van der Waals surface area contributed by atoms with E-state index < -0.39 is 10.4 Å². The second-order valence-electron chi connectivity index (χ2n) is 10.6. The molecule has 0 amide bonds. The maximum Gasteiger partial charge on any atom is 1.00 e. The van der Waals surface area contributed by atoms with Gasteiger partial charge in [0.25, 0.3) is 0 Å². The van der Waals surface area contributed by atoms with Crippen LogP contribution in [0.25, 0.3) is 0 Å². The normalized spacial score (nSPS) is 20.0. The molecule has 216 valence electrons. The third-order valence-corrected chi connectivity index (χ3v) is 7.28. The van der Waals surface area contributed by atoms with Crippen molar-refractivity contribution in [3.8, 4) is 0 Å². The zero-order chi connectivity index (χ0) is 26.5. The first-order chi connectivity index (χ1) is 17.3. The Kier molecular flexibility index (Phi) is 30.4. The largest absolute Gasteiger partial charge is 1.00 e. The van der Waals surface area contributed by atoms with E-state index in [1.54, 1.807) is 0 Å². The molecular formula is C28H54Na2O7S. The number of rotatable bonds is 22. The van der Waals surface area contributed by atoms with E-state index >= 15 is 0 Å². The van der Waals surface area contributed by atoms with Crippen LogP contribution in [-0.4, -0.2) is 55.2 Å². The molecule has 0 radical (unpaired) electrons. The summed E-state index contributed by atoms with van der Waals surface area (Å²) in [6.07, 6.45) is 28.0. The summed E-state index contributed by atoms with van der Waals surface area (Å²) in [5, 5.41) is 0. The number of unbranched alkanes of at least 4 members (excludes halogenated alkanes) is 12. The molecule has 2 aliphatic heterocycles. The summed E-state index contributed by atoms with van der Waals surface area (Å²) in [7, 11) is -5.17. The minimum Gasteiger partial charge on any atom is -0.759 e. The number of hydrogen-bond donors (Lipinski definition) is 0. The Morgan fingerprint density at radius 3 is 1.21 bits per heavy atom. The van der Waals surface area contributed by atoms with Crippen LogP contribution in [0.15, 0.2) is 0 Å². The van der Waals surface area contributed by atoms with Crippen molar-refractivity contribution in [3.05, 3.63) is 0 Å². The average molecular weight is 581 g/mol. The van der Waals surface area contributed by atoms with Gasteiger partial charge in [0.05, 0.1) is 24.4 Å². The predicted octanol–water partition coefficient (Wildman–Crippen LogP) is 1.05. The number of hydrogen-bond acceptors (Lipinski definition) is 7. The van der Waals surface area contributed by atoms with Gasteiger partial charge in [0, 0.05) is 23.6 Å². The van der Waals surface area contributed by atoms with Crippen LogP contribution in [0.2, 0.25) is 0 Å². The molecule has 4 atom stereocenters. The molecule has 0 aliphatic carbocycles. The molecule has 0 aromatic carbocycles. The van der Waals surface area contributed by atoms with E-state index in [-0.39, 0.29) is 59.1 Å². The van der Waals surface area contributed by atoms with E-state index in [4.69, 9.17) is 31.7 Å². The molecule has 2 heterocycles. The summed E-state index contributed by atoms with van der Waals surface area (Å²) in [5.41, 5.74) is 0. The molecule has 2 saturated heterocycles. The molecule has 7 nitrogen and oxygen atoms in total. The van der Waals surface area contributed by atoms with Crippen molar-refractivity contribution in [1.29, 1.82) is 0 Å². The van der Waals surface area contributed by atoms with Crippen LogP contribution in [0.4, 0.5) is 0 Å². The molecule has 0 saturated carbocycles. The molecule has 0 aromatic heterocycles. The summed E-state index contributed by atoms with van der Waals surface area (Å²) in [5.74, 6) is 0. The Hall–Kier alpha value is 1.75. The monoisotopic (exact) mass is 580 g/mol. The van der Waals surface area contributed by atoms with Crippen LogP contribution in [0.1, 0.15) is 142 Å². The second kappa shape index (κ2) is 27.6. The molecule has 2 aliphatic rings. The maximum absolute atomic E-state index is 8.52. The molecule has 0 aromatic rings. The first-order valence-corrected chi connectivity index (χ1v) is 16.2. The van der Waals surface area contributed by atoms with Gasteiger partial charge in [-0.3, -0.25) is 8.42 Å². The van der Waals surface area contributed by atoms with Crippen LogP contribution in [-0.2, 0) is 24.6 Å². The second-order valence-corrected chi connectivity index (χ2v) is 11.5. The van der Waals surface area contributed by atoms with Gasteiger partial charge in [-0.2, -0.15) is 0 Å². The van der Waals surface area contributed by atoms with E-state index in [2.05, 4.69) is 13.8 Å². The van der Waals surface area contributed by atoms with Gasteiger partial charge in [-0.25, -0.2) is 0 Å². The van der Waals surface area contributed by atoms with Crippen molar-refractivity contribution < 1.29 is 90.8 Å². The van der Waals surface area contributed by atoms with E-state index in [0.717, 1.165) is 26.1 Å². The molecule has 38 heavy (non-hydrogen) atoms. The van der Waals surface area contributed by atoms with Crippen molar-refractivity contribution in [2.75, 3.05) is 13.2 Å². The fraction of sp³-hybridized carbons (Fsp3) is 1.00. The predicted molar refractivity (Wildman–Crippen MR) is 142 cm³/mol. The van der Waals surface area contributed by atoms with E-state index in [1.807, 2.05) is 0 Å². The Morgan fingerprint density at radius 2 is 0.947 bits per heavy atom.